The third-order valence-corrected chi connectivity index (χ3v) is 6.06. The molecule has 2 aromatic rings. The summed E-state index contributed by atoms with van der Waals surface area (Å²) >= 11 is 7.82. The number of likely N-dealkylation sites (N-methyl/N-ethyl adjacent to an activating group) is 1. The summed E-state index contributed by atoms with van der Waals surface area (Å²) in [6.07, 6.45) is 0. The highest BCUT2D eigenvalue weighted by atomic mass is 35.5. The molecule has 4 rings (SSSR count). The Labute approximate surface area is 147 Å². The summed E-state index contributed by atoms with van der Waals surface area (Å²) in [5.74, 6) is -0.534. The van der Waals surface area contributed by atoms with Gasteiger partial charge in [-0.25, -0.2) is 4.79 Å². The first kappa shape index (κ1) is 15.8. The van der Waals surface area contributed by atoms with Crippen LogP contribution in [-0.4, -0.2) is 53.8 Å². The van der Waals surface area contributed by atoms with Crippen molar-refractivity contribution in [3.63, 3.8) is 0 Å². The predicted molar refractivity (Wildman–Crippen MR) is 95.7 cm³/mol. The Morgan fingerprint density at radius 2 is 1.96 bits per heavy atom. The molecule has 0 radical (unpaired) electrons. The van der Waals surface area contributed by atoms with Gasteiger partial charge in [-0.1, -0.05) is 23.4 Å². The lowest BCUT2D eigenvalue weighted by Gasteiger charge is -2.35. The van der Waals surface area contributed by atoms with Crippen LogP contribution in [0.4, 0.5) is 5.69 Å². The molecular formula is C16H16ClN3O3S. The minimum Gasteiger partial charge on any atom is -0.477 e. The number of fused-ring (bicyclic) bond motifs is 3. The zero-order chi connectivity index (χ0) is 17.0. The smallest absolute Gasteiger partial charge is 0.342 e. The summed E-state index contributed by atoms with van der Waals surface area (Å²) in [6, 6.07) is 3.55. The molecule has 1 saturated heterocycles. The van der Waals surface area contributed by atoms with Crippen LogP contribution in [0.5, 0.6) is 0 Å². The maximum absolute atomic E-state index is 12.6. The fourth-order valence-corrected chi connectivity index (χ4v) is 4.48. The van der Waals surface area contributed by atoms with Gasteiger partial charge < -0.3 is 19.5 Å². The minimum atomic E-state index is -1.18. The average Bonchev–Trinajstić information content (AvgIpc) is 2.51. The van der Waals surface area contributed by atoms with Crippen molar-refractivity contribution in [2.75, 3.05) is 38.1 Å². The number of carboxylic acid groups (broad SMARTS) is 1. The Kier molecular flexibility index (Phi) is 3.74. The third-order valence-electron chi connectivity index (χ3n) is 4.67. The summed E-state index contributed by atoms with van der Waals surface area (Å²) in [5, 5.41) is 10.7. The van der Waals surface area contributed by atoms with E-state index in [2.05, 4.69) is 16.8 Å². The summed E-state index contributed by atoms with van der Waals surface area (Å²) in [5.41, 5.74) is 1.06. The van der Waals surface area contributed by atoms with Gasteiger partial charge in [-0.05, 0) is 19.2 Å². The van der Waals surface area contributed by atoms with E-state index in [9.17, 15) is 14.7 Å². The van der Waals surface area contributed by atoms with Crippen molar-refractivity contribution in [1.82, 2.24) is 9.47 Å². The van der Waals surface area contributed by atoms with Gasteiger partial charge in [-0.2, -0.15) is 0 Å². The molecule has 6 nitrogen and oxygen atoms in total. The topological polar surface area (TPSA) is 65.8 Å². The zero-order valence-electron chi connectivity index (χ0n) is 13.1. The van der Waals surface area contributed by atoms with Gasteiger partial charge in [-0.15, -0.1) is 0 Å². The molecule has 24 heavy (non-hydrogen) atoms. The van der Waals surface area contributed by atoms with E-state index in [0.29, 0.717) is 21.3 Å². The van der Waals surface area contributed by atoms with E-state index in [4.69, 9.17) is 11.6 Å². The van der Waals surface area contributed by atoms with E-state index in [1.54, 1.807) is 6.07 Å². The molecule has 0 saturated carbocycles. The minimum absolute atomic E-state index is 0.151. The van der Waals surface area contributed by atoms with Crippen molar-refractivity contribution < 1.29 is 9.90 Å². The predicted octanol–water partition coefficient (Wildman–Crippen LogP) is 2.17. The SMILES string of the molecule is CN1CCN(c2cc3c(cc2Cl)c(=O)c(C(=O)O)c2n3CS2)CC1. The fraction of sp³-hybridized carbons (Fsp3) is 0.375. The van der Waals surface area contributed by atoms with Crippen molar-refractivity contribution in [3.8, 4) is 0 Å². The van der Waals surface area contributed by atoms with Gasteiger partial charge >= 0.3 is 5.97 Å². The Hall–Kier alpha value is -1.70. The Bertz CT molecular complexity index is 919. The molecule has 0 amide bonds. The summed E-state index contributed by atoms with van der Waals surface area (Å²) in [7, 11) is 2.09. The van der Waals surface area contributed by atoms with Gasteiger partial charge in [0.15, 0.2) is 0 Å². The third kappa shape index (κ3) is 2.30. The summed E-state index contributed by atoms with van der Waals surface area (Å²) < 4.78 is 1.89. The first-order chi connectivity index (χ1) is 11.5. The standard InChI is InChI=1S/C16H16ClN3O3S/c1-18-2-4-19(5-3-18)12-7-11-9(6-10(12)17)14(21)13(16(22)23)15-20(11)8-24-15/h6-7H,2-5,8H2,1H3,(H,22,23). The Morgan fingerprint density at radius 1 is 1.25 bits per heavy atom. The van der Waals surface area contributed by atoms with Gasteiger partial charge in [0, 0.05) is 31.6 Å². The van der Waals surface area contributed by atoms with Gasteiger partial charge in [0.05, 0.1) is 27.1 Å². The number of anilines is 1. The van der Waals surface area contributed by atoms with Crippen LogP contribution in [0.25, 0.3) is 10.9 Å². The van der Waals surface area contributed by atoms with Crippen LogP contribution in [0, 0.1) is 0 Å². The average molecular weight is 366 g/mol. The lowest BCUT2D eigenvalue weighted by molar-refractivity contribution is 0.0689. The van der Waals surface area contributed by atoms with Crippen molar-refractivity contribution in [1.29, 1.82) is 0 Å². The molecule has 0 bridgehead atoms. The summed E-state index contributed by atoms with van der Waals surface area (Å²) in [6.45, 7) is 3.67. The fourth-order valence-electron chi connectivity index (χ4n) is 3.25. The van der Waals surface area contributed by atoms with E-state index in [-0.39, 0.29) is 5.56 Å². The maximum Gasteiger partial charge on any atom is 0.342 e. The van der Waals surface area contributed by atoms with Crippen LogP contribution in [0.15, 0.2) is 22.0 Å². The van der Waals surface area contributed by atoms with E-state index >= 15 is 0 Å². The highest BCUT2D eigenvalue weighted by molar-refractivity contribution is 7.99. The molecule has 2 aliphatic heterocycles. The number of rotatable bonds is 2. The Morgan fingerprint density at radius 3 is 2.54 bits per heavy atom. The molecule has 2 aliphatic rings. The number of carbonyl (C=O) groups is 1. The number of hydrogen-bond acceptors (Lipinski definition) is 5. The van der Waals surface area contributed by atoms with Crippen molar-refractivity contribution >= 4 is 45.9 Å². The molecule has 0 spiro atoms. The second-order valence-electron chi connectivity index (χ2n) is 6.13. The van der Waals surface area contributed by atoms with Crippen LogP contribution < -0.4 is 10.3 Å². The van der Waals surface area contributed by atoms with Gasteiger partial charge in [-0.3, -0.25) is 4.79 Å². The lowest BCUT2D eigenvalue weighted by atomic mass is 10.1. The van der Waals surface area contributed by atoms with E-state index in [1.165, 1.54) is 11.8 Å². The normalized spacial score (nSPS) is 17.7. The quantitative estimate of drug-likeness (QED) is 0.879. The first-order valence-electron chi connectivity index (χ1n) is 7.67. The molecule has 1 N–H and O–H groups in total. The number of aromatic nitrogens is 1. The van der Waals surface area contributed by atoms with Crippen LogP contribution in [-0.2, 0) is 5.88 Å². The molecule has 126 valence electrons. The number of thioether (sulfide) groups is 1. The molecule has 1 fully saturated rings. The number of nitrogens with zero attached hydrogens (tertiary/aromatic N) is 3. The molecular weight excluding hydrogens is 350 g/mol. The summed E-state index contributed by atoms with van der Waals surface area (Å²) in [4.78, 5) is 28.5. The lowest BCUT2D eigenvalue weighted by Crippen LogP contribution is -2.44. The van der Waals surface area contributed by atoms with Crippen molar-refractivity contribution in [3.05, 3.63) is 32.9 Å². The number of piperazine rings is 1. The van der Waals surface area contributed by atoms with Gasteiger partial charge in [0.1, 0.15) is 5.56 Å². The molecule has 1 aromatic heterocycles. The number of hydrogen-bond donors (Lipinski definition) is 1. The molecule has 3 heterocycles. The molecule has 0 atom stereocenters. The zero-order valence-corrected chi connectivity index (χ0v) is 14.7. The van der Waals surface area contributed by atoms with E-state index in [1.807, 2.05) is 10.6 Å². The highest BCUT2D eigenvalue weighted by Crippen LogP contribution is 2.39. The number of pyridine rings is 1. The van der Waals surface area contributed by atoms with Crippen LogP contribution >= 0.6 is 23.4 Å². The van der Waals surface area contributed by atoms with Crippen molar-refractivity contribution in [2.45, 2.75) is 10.9 Å². The number of halogens is 1. The second kappa shape index (κ2) is 5.68. The highest BCUT2D eigenvalue weighted by Gasteiger charge is 2.29. The first-order valence-corrected chi connectivity index (χ1v) is 9.03. The molecule has 8 heteroatoms. The number of aromatic carboxylic acids is 1. The largest absolute Gasteiger partial charge is 0.477 e. The van der Waals surface area contributed by atoms with Crippen LogP contribution in [0.3, 0.4) is 0 Å². The molecule has 0 aliphatic carbocycles. The monoisotopic (exact) mass is 365 g/mol. The number of carboxylic acids is 1. The van der Waals surface area contributed by atoms with Crippen LogP contribution in [0.2, 0.25) is 5.02 Å². The molecule has 1 aromatic carbocycles. The van der Waals surface area contributed by atoms with Gasteiger partial charge in [0.25, 0.3) is 0 Å². The van der Waals surface area contributed by atoms with Crippen LogP contribution in [0.1, 0.15) is 10.4 Å². The maximum atomic E-state index is 12.6. The van der Waals surface area contributed by atoms with Gasteiger partial charge in [0.2, 0.25) is 5.43 Å². The Balaban J connectivity index is 1.90. The second-order valence-corrected chi connectivity index (χ2v) is 7.47. The van der Waals surface area contributed by atoms with Crippen molar-refractivity contribution in [2.24, 2.45) is 0 Å². The van der Waals surface area contributed by atoms with E-state index in [0.717, 1.165) is 37.4 Å². The molecule has 0 unspecified atom stereocenters. The number of benzene rings is 1. The van der Waals surface area contributed by atoms with E-state index < -0.39 is 11.4 Å².